The molecule has 0 bridgehead atoms. The van der Waals surface area contributed by atoms with Crippen molar-refractivity contribution in [2.24, 2.45) is 0 Å². The third-order valence-electron chi connectivity index (χ3n) is 3.57. The fourth-order valence-corrected chi connectivity index (χ4v) is 2.68. The van der Waals surface area contributed by atoms with Crippen molar-refractivity contribution in [1.29, 1.82) is 0 Å². The first-order chi connectivity index (χ1) is 8.40. The molecular weight excluding hydrogens is 204 g/mol. The highest BCUT2D eigenvalue weighted by Gasteiger charge is 2.19. The van der Waals surface area contributed by atoms with E-state index in [-0.39, 0.29) is 0 Å². The average molecular weight is 220 g/mol. The van der Waals surface area contributed by atoms with Crippen molar-refractivity contribution in [3.05, 3.63) is 76.9 Å². The summed E-state index contributed by atoms with van der Waals surface area (Å²) < 4.78 is 0. The molecule has 0 fully saturated rings. The van der Waals surface area contributed by atoms with Crippen LogP contribution in [0, 0.1) is 0 Å². The number of hydrogen-bond donors (Lipinski definition) is 0. The molecule has 0 saturated heterocycles. The Labute approximate surface area is 103 Å². The Kier molecular flexibility index (Phi) is 2.56. The molecule has 1 unspecified atom stereocenters. The number of benzene rings is 2. The number of allylic oxidation sites excluding steroid dienone is 1. The van der Waals surface area contributed by atoms with Crippen LogP contribution in [0.1, 0.15) is 35.1 Å². The smallest absolute Gasteiger partial charge is 0.0281 e. The minimum atomic E-state index is 0.447. The van der Waals surface area contributed by atoms with Gasteiger partial charge in [0.05, 0.1) is 0 Å². The lowest BCUT2D eigenvalue weighted by Crippen LogP contribution is -1.99. The van der Waals surface area contributed by atoms with E-state index in [0.29, 0.717) is 5.92 Å². The summed E-state index contributed by atoms with van der Waals surface area (Å²) in [7, 11) is 0. The first-order valence-electron chi connectivity index (χ1n) is 6.25. The summed E-state index contributed by atoms with van der Waals surface area (Å²) in [6.45, 7) is 2.23. The molecule has 2 aromatic rings. The van der Waals surface area contributed by atoms with Crippen molar-refractivity contribution in [2.75, 3.05) is 0 Å². The van der Waals surface area contributed by atoms with Gasteiger partial charge in [0.1, 0.15) is 0 Å². The Morgan fingerprint density at radius 1 is 0.882 bits per heavy atom. The molecular formula is C17H16. The number of aryl methyl sites for hydroxylation is 1. The van der Waals surface area contributed by atoms with Crippen LogP contribution >= 0.6 is 0 Å². The predicted octanol–water partition coefficient (Wildman–Crippen LogP) is 4.41. The van der Waals surface area contributed by atoms with Gasteiger partial charge in [0.25, 0.3) is 0 Å². The van der Waals surface area contributed by atoms with Crippen LogP contribution < -0.4 is 0 Å². The maximum atomic E-state index is 2.32. The molecule has 0 aliphatic heterocycles. The molecule has 84 valence electrons. The zero-order chi connectivity index (χ0) is 11.7. The van der Waals surface area contributed by atoms with E-state index < -0.39 is 0 Å². The quantitative estimate of drug-likeness (QED) is 0.703. The largest absolute Gasteiger partial charge is 0.0720 e. The lowest BCUT2D eigenvalue weighted by atomic mass is 9.89. The van der Waals surface area contributed by atoms with Crippen molar-refractivity contribution < 1.29 is 0 Å². The fraction of sp³-hybridized carbons (Fsp3) is 0.176. The molecule has 0 heterocycles. The van der Waals surface area contributed by atoms with Gasteiger partial charge in [-0.2, -0.15) is 0 Å². The molecule has 0 radical (unpaired) electrons. The summed E-state index contributed by atoms with van der Waals surface area (Å²) in [6, 6.07) is 17.5. The third-order valence-corrected chi connectivity index (χ3v) is 3.57. The number of hydrogen-bond acceptors (Lipinski definition) is 0. The molecule has 1 atom stereocenters. The SMILES string of the molecule is CCc1ccccc1C1C=Cc2ccccc21. The van der Waals surface area contributed by atoms with Crippen LogP contribution in [0.25, 0.3) is 6.08 Å². The van der Waals surface area contributed by atoms with Crippen molar-refractivity contribution in [3.63, 3.8) is 0 Å². The topological polar surface area (TPSA) is 0 Å². The van der Waals surface area contributed by atoms with Gasteiger partial charge in [0.2, 0.25) is 0 Å². The highest BCUT2D eigenvalue weighted by molar-refractivity contribution is 5.65. The summed E-state index contributed by atoms with van der Waals surface area (Å²) in [6.07, 6.45) is 5.66. The van der Waals surface area contributed by atoms with E-state index in [2.05, 4.69) is 67.6 Å². The summed E-state index contributed by atoms with van der Waals surface area (Å²) >= 11 is 0. The molecule has 0 spiro atoms. The summed E-state index contributed by atoms with van der Waals surface area (Å²) in [5, 5.41) is 0. The molecule has 0 amide bonds. The minimum absolute atomic E-state index is 0.447. The maximum Gasteiger partial charge on any atom is 0.0281 e. The average Bonchev–Trinajstić information content (AvgIpc) is 2.82. The van der Waals surface area contributed by atoms with Gasteiger partial charge in [-0.05, 0) is 28.7 Å². The Bertz CT molecular complexity index is 564. The highest BCUT2D eigenvalue weighted by atomic mass is 14.2. The number of fused-ring (bicyclic) bond motifs is 1. The van der Waals surface area contributed by atoms with Crippen LogP contribution in [0.15, 0.2) is 54.6 Å². The van der Waals surface area contributed by atoms with E-state index in [9.17, 15) is 0 Å². The van der Waals surface area contributed by atoms with Crippen LogP contribution in [0.5, 0.6) is 0 Å². The van der Waals surface area contributed by atoms with Crippen molar-refractivity contribution >= 4 is 6.08 Å². The third kappa shape index (κ3) is 1.70. The Morgan fingerprint density at radius 2 is 1.59 bits per heavy atom. The molecule has 17 heavy (non-hydrogen) atoms. The van der Waals surface area contributed by atoms with Gasteiger partial charge < -0.3 is 0 Å². The first kappa shape index (κ1) is 10.3. The molecule has 0 nitrogen and oxygen atoms in total. The van der Waals surface area contributed by atoms with E-state index in [4.69, 9.17) is 0 Å². The van der Waals surface area contributed by atoms with Crippen LogP contribution in [-0.4, -0.2) is 0 Å². The van der Waals surface area contributed by atoms with Crippen LogP contribution in [0.4, 0.5) is 0 Å². The molecule has 1 aliphatic carbocycles. The summed E-state index contributed by atoms with van der Waals surface area (Å²) in [5.41, 5.74) is 5.71. The zero-order valence-electron chi connectivity index (χ0n) is 10.1. The lowest BCUT2D eigenvalue weighted by Gasteiger charge is -2.15. The Hall–Kier alpha value is -1.82. The van der Waals surface area contributed by atoms with E-state index in [1.165, 1.54) is 22.3 Å². The van der Waals surface area contributed by atoms with E-state index in [1.807, 2.05) is 0 Å². The van der Waals surface area contributed by atoms with Gasteiger partial charge in [0.15, 0.2) is 0 Å². The zero-order valence-corrected chi connectivity index (χ0v) is 10.1. The summed E-state index contributed by atoms with van der Waals surface area (Å²) in [4.78, 5) is 0. The van der Waals surface area contributed by atoms with Crippen LogP contribution in [0.3, 0.4) is 0 Å². The van der Waals surface area contributed by atoms with Gasteiger partial charge in [0, 0.05) is 5.92 Å². The molecule has 0 heteroatoms. The van der Waals surface area contributed by atoms with Gasteiger partial charge in [-0.1, -0.05) is 67.6 Å². The molecule has 0 saturated carbocycles. The first-order valence-corrected chi connectivity index (χ1v) is 6.25. The molecule has 3 rings (SSSR count). The van der Waals surface area contributed by atoms with Gasteiger partial charge >= 0.3 is 0 Å². The van der Waals surface area contributed by atoms with Gasteiger partial charge in [-0.25, -0.2) is 0 Å². The number of rotatable bonds is 2. The molecule has 1 aliphatic rings. The monoisotopic (exact) mass is 220 g/mol. The molecule has 0 N–H and O–H groups in total. The van der Waals surface area contributed by atoms with Crippen LogP contribution in [-0.2, 0) is 6.42 Å². The highest BCUT2D eigenvalue weighted by Crippen LogP contribution is 2.36. The minimum Gasteiger partial charge on any atom is -0.0720 e. The second kappa shape index (κ2) is 4.21. The van der Waals surface area contributed by atoms with Crippen molar-refractivity contribution in [2.45, 2.75) is 19.3 Å². The van der Waals surface area contributed by atoms with Crippen molar-refractivity contribution in [3.8, 4) is 0 Å². The van der Waals surface area contributed by atoms with E-state index in [1.54, 1.807) is 0 Å². The predicted molar refractivity (Wildman–Crippen MR) is 73.1 cm³/mol. The van der Waals surface area contributed by atoms with Gasteiger partial charge in [-0.3, -0.25) is 0 Å². The Morgan fingerprint density at radius 3 is 2.41 bits per heavy atom. The Balaban J connectivity index is 2.10. The van der Waals surface area contributed by atoms with Crippen molar-refractivity contribution in [1.82, 2.24) is 0 Å². The standard InChI is InChI=1S/C17H16/c1-2-13-7-3-5-9-15(13)17-12-11-14-8-4-6-10-16(14)17/h3-12,17H,2H2,1H3. The van der Waals surface area contributed by atoms with E-state index >= 15 is 0 Å². The van der Waals surface area contributed by atoms with E-state index in [0.717, 1.165) is 6.42 Å². The fourth-order valence-electron chi connectivity index (χ4n) is 2.68. The second-order valence-corrected chi connectivity index (χ2v) is 4.52. The summed E-state index contributed by atoms with van der Waals surface area (Å²) in [5.74, 6) is 0.447. The normalized spacial score (nSPS) is 17.1. The molecule has 0 aromatic heterocycles. The molecule has 2 aromatic carbocycles. The second-order valence-electron chi connectivity index (χ2n) is 4.52. The lowest BCUT2D eigenvalue weighted by molar-refractivity contribution is 0.988. The van der Waals surface area contributed by atoms with Crippen LogP contribution in [0.2, 0.25) is 0 Å². The maximum absolute atomic E-state index is 2.32. The van der Waals surface area contributed by atoms with Gasteiger partial charge in [-0.15, -0.1) is 0 Å².